The van der Waals surface area contributed by atoms with Gasteiger partial charge < -0.3 is 4.74 Å². The molecule has 0 saturated heterocycles. The average molecular weight is 387 g/mol. The van der Waals surface area contributed by atoms with Crippen LogP contribution in [0.4, 0.5) is 0 Å². The number of carbonyl (C=O) groups is 1. The fourth-order valence-electron chi connectivity index (χ4n) is 4.15. The van der Waals surface area contributed by atoms with Crippen LogP contribution in [0.5, 0.6) is 0 Å². The van der Waals surface area contributed by atoms with E-state index in [0.29, 0.717) is 11.3 Å². The molecule has 0 unspecified atom stereocenters. The molecule has 2 aliphatic carbocycles. The van der Waals surface area contributed by atoms with E-state index in [9.17, 15) is 13.2 Å². The standard InChI is InChI=1S/C16H19BrO4S/c1-21-14(18)16-8-6-15(10-16,7-9-16)11-22(19,20)13-4-2-12(17)3-5-13/h2-5H,6-11H2,1H3. The van der Waals surface area contributed by atoms with E-state index < -0.39 is 15.3 Å². The van der Waals surface area contributed by atoms with E-state index in [-0.39, 0.29) is 17.1 Å². The van der Waals surface area contributed by atoms with Crippen LogP contribution in [0.1, 0.15) is 32.1 Å². The predicted octanol–water partition coefficient (Wildman–Crippen LogP) is 3.35. The summed E-state index contributed by atoms with van der Waals surface area (Å²) in [6.45, 7) is 0. The Labute approximate surface area is 139 Å². The molecule has 0 aliphatic heterocycles. The van der Waals surface area contributed by atoms with Crippen molar-refractivity contribution in [3.63, 3.8) is 0 Å². The second-order valence-electron chi connectivity index (χ2n) is 6.66. The maximum absolute atomic E-state index is 12.7. The second kappa shape index (κ2) is 5.34. The van der Waals surface area contributed by atoms with E-state index in [1.807, 2.05) is 0 Å². The van der Waals surface area contributed by atoms with Crippen molar-refractivity contribution in [3.05, 3.63) is 28.7 Å². The molecule has 0 radical (unpaired) electrons. The molecule has 0 heterocycles. The minimum atomic E-state index is -3.34. The molecule has 0 spiro atoms. The fraction of sp³-hybridized carbons (Fsp3) is 0.562. The number of methoxy groups -OCH3 is 1. The first-order valence-electron chi connectivity index (χ1n) is 7.38. The van der Waals surface area contributed by atoms with Gasteiger partial charge in [0.15, 0.2) is 9.84 Å². The summed E-state index contributed by atoms with van der Waals surface area (Å²) in [5.41, 5.74) is -0.704. The maximum atomic E-state index is 12.7. The molecule has 0 N–H and O–H groups in total. The highest BCUT2D eigenvalue weighted by atomic mass is 79.9. The molecular formula is C16H19BrO4S. The maximum Gasteiger partial charge on any atom is 0.311 e. The summed E-state index contributed by atoms with van der Waals surface area (Å²) < 4.78 is 31.2. The number of rotatable bonds is 4. The van der Waals surface area contributed by atoms with E-state index in [4.69, 9.17) is 4.74 Å². The van der Waals surface area contributed by atoms with Gasteiger partial charge in [-0.15, -0.1) is 0 Å². The number of hydrogen-bond donors (Lipinski definition) is 0. The summed E-state index contributed by atoms with van der Waals surface area (Å²) in [5, 5.41) is 0. The third kappa shape index (κ3) is 2.60. The van der Waals surface area contributed by atoms with Crippen molar-refractivity contribution in [1.82, 2.24) is 0 Å². The third-order valence-corrected chi connectivity index (χ3v) is 7.78. The number of ether oxygens (including phenoxy) is 1. The molecule has 0 amide bonds. The van der Waals surface area contributed by atoms with Crippen LogP contribution in [-0.4, -0.2) is 27.2 Å². The van der Waals surface area contributed by atoms with Crippen LogP contribution < -0.4 is 0 Å². The third-order valence-electron chi connectivity index (χ3n) is 5.27. The zero-order chi connectivity index (χ0) is 16.0. The summed E-state index contributed by atoms with van der Waals surface area (Å²) in [4.78, 5) is 12.4. The average Bonchev–Trinajstić information content (AvgIpc) is 3.02. The normalized spacial score (nSPS) is 30.5. The van der Waals surface area contributed by atoms with Gasteiger partial charge in [0.2, 0.25) is 0 Å². The monoisotopic (exact) mass is 386 g/mol. The minimum absolute atomic E-state index is 0.125. The van der Waals surface area contributed by atoms with Crippen LogP contribution in [0.15, 0.2) is 33.6 Å². The number of halogens is 1. The van der Waals surface area contributed by atoms with Crippen LogP contribution >= 0.6 is 15.9 Å². The largest absolute Gasteiger partial charge is 0.469 e. The molecule has 1 aromatic carbocycles. The first-order chi connectivity index (χ1) is 10.3. The highest BCUT2D eigenvalue weighted by Gasteiger charge is 2.59. The lowest BCUT2D eigenvalue weighted by Crippen LogP contribution is -2.27. The van der Waals surface area contributed by atoms with Crippen molar-refractivity contribution in [2.24, 2.45) is 10.8 Å². The summed E-state index contributed by atoms with van der Waals surface area (Å²) >= 11 is 3.32. The lowest BCUT2D eigenvalue weighted by atomic mass is 9.83. The number of esters is 1. The van der Waals surface area contributed by atoms with Gasteiger partial charge in [0.25, 0.3) is 0 Å². The van der Waals surface area contributed by atoms with E-state index in [1.54, 1.807) is 24.3 Å². The summed E-state index contributed by atoms with van der Waals surface area (Å²) in [6, 6.07) is 6.75. The van der Waals surface area contributed by atoms with Crippen LogP contribution in [-0.2, 0) is 19.4 Å². The highest BCUT2D eigenvalue weighted by Crippen LogP contribution is 2.62. The number of carbonyl (C=O) groups excluding carboxylic acids is 1. The van der Waals surface area contributed by atoms with Crippen LogP contribution in [0.25, 0.3) is 0 Å². The molecule has 2 bridgehead atoms. The Morgan fingerprint density at radius 3 is 2.32 bits per heavy atom. The van der Waals surface area contributed by atoms with Crippen molar-refractivity contribution in [2.75, 3.05) is 12.9 Å². The molecule has 120 valence electrons. The molecular weight excluding hydrogens is 368 g/mol. The van der Waals surface area contributed by atoms with E-state index >= 15 is 0 Å². The Hall–Kier alpha value is -0.880. The molecule has 6 heteroatoms. The van der Waals surface area contributed by atoms with Gasteiger partial charge in [0.1, 0.15) is 0 Å². The van der Waals surface area contributed by atoms with Gasteiger partial charge >= 0.3 is 5.97 Å². The Bertz CT molecular complexity index is 685. The van der Waals surface area contributed by atoms with Gasteiger partial charge in [-0.05, 0) is 61.8 Å². The molecule has 0 atom stereocenters. The van der Waals surface area contributed by atoms with Gasteiger partial charge in [0.05, 0.1) is 23.2 Å². The smallest absolute Gasteiger partial charge is 0.311 e. The number of benzene rings is 1. The van der Waals surface area contributed by atoms with Gasteiger partial charge in [-0.3, -0.25) is 4.79 Å². The topological polar surface area (TPSA) is 60.4 Å². The van der Waals surface area contributed by atoms with E-state index in [1.165, 1.54) is 7.11 Å². The van der Waals surface area contributed by atoms with E-state index in [0.717, 1.165) is 30.2 Å². The Morgan fingerprint density at radius 2 is 1.77 bits per heavy atom. The zero-order valence-electron chi connectivity index (χ0n) is 12.5. The summed E-state index contributed by atoms with van der Waals surface area (Å²) in [5.74, 6) is -0.0479. The molecule has 2 aliphatic rings. The van der Waals surface area contributed by atoms with Crippen molar-refractivity contribution in [1.29, 1.82) is 0 Å². The van der Waals surface area contributed by atoms with E-state index in [2.05, 4.69) is 15.9 Å². The SMILES string of the molecule is COC(=O)C12CCC(CS(=O)(=O)c3ccc(Br)cc3)(CC1)C2. The first-order valence-corrected chi connectivity index (χ1v) is 9.82. The first kappa shape index (κ1) is 16.0. The van der Waals surface area contributed by atoms with Crippen molar-refractivity contribution < 1.29 is 17.9 Å². The highest BCUT2D eigenvalue weighted by molar-refractivity contribution is 9.10. The number of fused-ring (bicyclic) bond motifs is 2. The lowest BCUT2D eigenvalue weighted by molar-refractivity contribution is -0.152. The Balaban J connectivity index is 1.82. The Morgan fingerprint density at radius 1 is 1.18 bits per heavy atom. The van der Waals surface area contributed by atoms with Gasteiger partial charge in [-0.1, -0.05) is 15.9 Å². The zero-order valence-corrected chi connectivity index (χ0v) is 14.9. The second-order valence-corrected chi connectivity index (χ2v) is 9.57. The van der Waals surface area contributed by atoms with Crippen molar-refractivity contribution >= 4 is 31.7 Å². The lowest BCUT2D eigenvalue weighted by Gasteiger charge is -2.26. The molecule has 2 saturated carbocycles. The molecule has 2 fully saturated rings. The van der Waals surface area contributed by atoms with Crippen molar-refractivity contribution in [2.45, 2.75) is 37.0 Å². The quantitative estimate of drug-likeness (QED) is 0.744. The molecule has 22 heavy (non-hydrogen) atoms. The summed E-state index contributed by atoms with van der Waals surface area (Å²) in [6.07, 6.45) is 3.71. The van der Waals surface area contributed by atoms with Gasteiger partial charge in [-0.25, -0.2) is 8.42 Å². The number of hydrogen-bond acceptors (Lipinski definition) is 4. The van der Waals surface area contributed by atoms with Crippen LogP contribution in [0.2, 0.25) is 0 Å². The molecule has 0 aromatic heterocycles. The molecule has 4 nitrogen and oxygen atoms in total. The minimum Gasteiger partial charge on any atom is -0.469 e. The number of sulfone groups is 1. The fourth-order valence-corrected chi connectivity index (χ4v) is 6.33. The Kier molecular flexibility index (Phi) is 3.88. The van der Waals surface area contributed by atoms with Crippen LogP contribution in [0.3, 0.4) is 0 Å². The van der Waals surface area contributed by atoms with Crippen LogP contribution in [0, 0.1) is 10.8 Å². The predicted molar refractivity (Wildman–Crippen MR) is 86.2 cm³/mol. The van der Waals surface area contributed by atoms with Gasteiger partial charge in [-0.2, -0.15) is 0 Å². The van der Waals surface area contributed by atoms with Gasteiger partial charge in [0, 0.05) is 4.47 Å². The summed E-state index contributed by atoms with van der Waals surface area (Å²) in [7, 11) is -1.93. The molecule has 1 aromatic rings. The van der Waals surface area contributed by atoms with Crippen molar-refractivity contribution in [3.8, 4) is 0 Å². The molecule has 3 rings (SSSR count).